The molecule has 1 aromatic carbocycles. The van der Waals surface area contributed by atoms with Crippen LogP contribution in [0.1, 0.15) is 82.3 Å². The van der Waals surface area contributed by atoms with Crippen molar-refractivity contribution >= 4 is 5.97 Å². The van der Waals surface area contributed by atoms with E-state index in [-0.39, 0.29) is 0 Å². The highest BCUT2D eigenvalue weighted by Crippen LogP contribution is 2.10. The largest absolute Gasteiger partial charge is 0.481 e. The molecule has 0 saturated heterocycles. The molecular formula is C20H34O2. The van der Waals surface area contributed by atoms with Crippen molar-refractivity contribution in [2.45, 2.75) is 85.0 Å². The molecule has 2 nitrogen and oxygen atoms in total. The predicted molar refractivity (Wildman–Crippen MR) is 95.4 cm³/mol. The van der Waals surface area contributed by atoms with Crippen LogP contribution in [0.4, 0.5) is 0 Å². The lowest BCUT2D eigenvalue weighted by atomic mass is 10.1. The molecule has 0 amide bonds. The topological polar surface area (TPSA) is 37.3 Å². The van der Waals surface area contributed by atoms with Gasteiger partial charge in [0.15, 0.2) is 0 Å². The Kier molecular flexibility index (Phi) is 13.7. The number of unbranched alkanes of at least 4 members (excludes halogenated alkanes) is 8. The van der Waals surface area contributed by atoms with Crippen molar-refractivity contribution in [3.05, 3.63) is 35.4 Å². The average molecular weight is 306 g/mol. The van der Waals surface area contributed by atoms with E-state index < -0.39 is 5.97 Å². The first-order chi connectivity index (χ1) is 10.6. The number of rotatable bonds is 10. The molecule has 0 aromatic heterocycles. The van der Waals surface area contributed by atoms with Crippen LogP contribution in [-0.4, -0.2) is 11.1 Å². The Labute approximate surface area is 137 Å². The summed E-state index contributed by atoms with van der Waals surface area (Å²) in [5.74, 6) is -0.659. The molecule has 0 spiro atoms. The second-order valence-corrected chi connectivity index (χ2v) is 6.13. The van der Waals surface area contributed by atoms with E-state index in [1.54, 1.807) is 0 Å². The number of carbonyl (C=O) groups is 1. The van der Waals surface area contributed by atoms with Crippen molar-refractivity contribution in [2.75, 3.05) is 0 Å². The molecule has 1 aromatic rings. The summed E-state index contributed by atoms with van der Waals surface area (Å²) in [4.78, 5) is 10.2. The molecule has 0 aliphatic rings. The highest BCUT2D eigenvalue weighted by Gasteiger charge is 1.96. The number of hydrogen-bond acceptors (Lipinski definition) is 1. The van der Waals surface area contributed by atoms with Crippen molar-refractivity contribution in [1.82, 2.24) is 0 Å². The number of aryl methyl sites for hydroxylation is 2. The zero-order chi connectivity index (χ0) is 16.6. The normalized spacial score (nSPS) is 9.95. The molecule has 0 radical (unpaired) electrons. The van der Waals surface area contributed by atoms with Gasteiger partial charge in [-0.1, -0.05) is 93.7 Å². The van der Waals surface area contributed by atoms with Gasteiger partial charge in [-0.25, -0.2) is 0 Å². The summed E-state index contributed by atoms with van der Waals surface area (Å²) < 4.78 is 0. The summed E-state index contributed by atoms with van der Waals surface area (Å²) in [6.07, 6.45) is 11.5. The number of benzene rings is 1. The lowest BCUT2D eigenvalue weighted by molar-refractivity contribution is -0.137. The molecule has 0 atom stereocenters. The van der Waals surface area contributed by atoms with Crippen LogP contribution in [0, 0.1) is 13.8 Å². The standard InChI is InChI=1S/C12H24O2.C8H10/c1-2-3-4-5-6-7-8-9-10-11-12(13)14;1-7-4-3-5-8(2)6-7/h2-11H2,1H3,(H,13,14);3-6H,1-2H3. The third-order valence-electron chi connectivity index (χ3n) is 3.67. The summed E-state index contributed by atoms with van der Waals surface area (Å²) in [5, 5.41) is 8.41. The second kappa shape index (κ2) is 14.6. The Morgan fingerprint density at radius 2 is 1.32 bits per heavy atom. The number of hydrogen-bond donors (Lipinski definition) is 1. The van der Waals surface area contributed by atoms with Crippen LogP contribution >= 0.6 is 0 Å². The van der Waals surface area contributed by atoms with E-state index in [0.717, 1.165) is 12.8 Å². The first-order valence-electron chi connectivity index (χ1n) is 8.81. The SMILES string of the molecule is CCCCCCCCCCCC(=O)O.Cc1cccc(C)c1. The smallest absolute Gasteiger partial charge is 0.303 e. The van der Waals surface area contributed by atoms with E-state index >= 15 is 0 Å². The van der Waals surface area contributed by atoms with Gasteiger partial charge in [-0.3, -0.25) is 4.79 Å². The Morgan fingerprint density at radius 1 is 0.864 bits per heavy atom. The van der Waals surface area contributed by atoms with E-state index in [9.17, 15) is 4.79 Å². The number of carboxylic acid groups (broad SMARTS) is 1. The number of carboxylic acids is 1. The molecule has 0 aliphatic heterocycles. The second-order valence-electron chi connectivity index (χ2n) is 6.13. The monoisotopic (exact) mass is 306 g/mol. The lowest BCUT2D eigenvalue weighted by Crippen LogP contribution is -1.93. The molecular weight excluding hydrogens is 272 g/mol. The quantitative estimate of drug-likeness (QED) is 0.515. The third kappa shape index (κ3) is 15.1. The van der Waals surface area contributed by atoms with E-state index in [1.165, 1.54) is 56.1 Å². The molecule has 0 heterocycles. The third-order valence-corrected chi connectivity index (χ3v) is 3.67. The van der Waals surface area contributed by atoms with Crippen LogP contribution in [0.3, 0.4) is 0 Å². The molecule has 0 fully saturated rings. The molecule has 0 saturated carbocycles. The van der Waals surface area contributed by atoms with Crippen LogP contribution in [0.25, 0.3) is 0 Å². The zero-order valence-electron chi connectivity index (χ0n) is 14.7. The van der Waals surface area contributed by atoms with Gasteiger partial charge in [0.2, 0.25) is 0 Å². The minimum Gasteiger partial charge on any atom is -0.481 e. The molecule has 1 rings (SSSR count). The maximum atomic E-state index is 10.2. The first kappa shape index (κ1) is 20.7. The van der Waals surface area contributed by atoms with Gasteiger partial charge < -0.3 is 5.11 Å². The lowest BCUT2D eigenvalue weighted by Gasteiger charge is -2.00. The summed E-state index contributed by atoms with van der Waals surface area (Å²) >= 11 is 0. The van der Waals surface area contributed by atoms with Gasteiger partial charge in [0.05, 0.1) is 0 Å². The van der Waals surface area contributed by atoms with Crippen LogP contribution in [0.2, 0.25) is 0 Å². The van der Waals surface area contributed by atoms with Crippen LogP contribution in [0.15, 0.2) is 24.3 Å². The molecule has 2 heteroatoms. The van der Waals surface area contributed by atoms with Crippen molar-refractivity contribution in [3.8, 4) is 0 Å². The van der Waals surface area contributed by atoms with Gasteiger partial charge in [0.1, 0.15) is 0 Å². The fraction of sp³-hybridized carbons (Fsp3) is 0.650. The Morgan fingerprint density at radius 3 is 1.68 bits per heavy atom. The van der Waals surface area contributed by atoms with Gasteiger partial charge in [0.25, 0.3) is 0 Å². The van der Waals surface area contributed by atoms with Gasteiger partial charge in [-0.15, -0.1) is 0 Å². The zero-order valence-corrected chi connectivity index (χ0v) is 14.7. The summed E-state index contributed by atoms with van der Waals surface area (Å²) in [5.41, 5.74) is 2.68. The van der Waals surface area contributed by atoms with Gasteiger partial charge in [-0.2, -0.15) is 0 Å². The van der Waals surface area contributed by atoms with Crippen LogP contribution in [-0.2, 0) is 4.79 Å². The summed E-state index contributed by atoms with van der Waals surface area (Å²) in [6, 6.07) is 8.45. The Balaban J connectivity index is 0.000000461. The summed E-state index contributed by atoms with van der Waals surface area (Å²) in [6.45, 7) is 6.44. The maximum Gasteiger partial charge on any atom is 0.303 e. The van der Waals surface area contributed by atoms with Gasteiger partial charge in [0, 0.05) is 6.42 Å². The van der Waals surface area contributed by atoms with Crippen LogP contribution in [0.5, 0.6) is 0 Å². The molecule has 0 aliphatic carbocycles. The summed E-state index contributed by atoms with van der Waals surface area (Å²) in [7, 11) is 0. The molecule has 1 N–H and O–H groups in total. The highest BCUT2D eigenvalue weighted by molar-refractivity contribution is 5.66. The van der Waals surface area contributed by atoms with Crippen molar-refractivity contribution in [1.29, 1.82) is 0 Å². The van der Waals surface area contributed by atoms with Crippen molar-refractivity contribution in [2.24, 2.45) is 0 Å². The fourth-order valence-electron chi connectivity index (χ4n) is 2.39. The Bertz CT molecular complexity index is 368. The fourth-order valence-corrected chi connectivity index (χ4v) is 2.39. The minimum absolute atomic E-state index is 0.343. The molecule has 0 bridgehead atoms. The van der Waals surface area contributed by atoms with E-state index in [2.05, 4.69) is 45.0 Å². The maximum absolute atomic E-state index is 10.2. The first-order valence-corrected chi connectivity index (χ1v) is 8.81. The van der Waals surface area contributed by atoms with Crippen molar-refractivity contribution < 1.29 is 9.90 Å². The van der Waals surface area contributed by atoms with E-state index in [4.69, 9.17) is 5.11 Å². The predicted octanol–water partition coefficient (Wildman–Crippen LogP) is 6.30. The Hall–Kier alpha value is -1.31. The van der Waals surface area contributed by atoms with E-state index in [1.807, 2.05) is 0 Å². The van der Waals surface area contributed by atoms with Gasteiger partial charge >= 0.3 is 5.97 Å². The molecule has 22 heavy (non-hydrogen) atoms. The van der Waals surface area contributed by atoms with Crippen LogP contribution < -0.4 is 0 Å². The van der Waals surface area contributed by atoms with E-state index in [0.29, 0.717) is 6.42 Å². The average Bonchev–Trinajstić information content (AvgIpc) is 2.46. The van der Waals surface area contributed by atoms with Gasteiger partial charge in [-0.05, 0) is 20.3 Å². The molecule has 0 unspecified atom stereocenters. The highest BCUT2D eigenvalue weighted by atomic mass is 16.4. The molecule has 126 valence electrons. The minimum atomic E-state index is -0.659. The van der Waals surface area contributed by atoms with Crippen molar-refractivity contribution in [3.63, 3.8) is 0 Å². The number of aliphatic carboxylic acids is 1.